The number of thiophene rings is 1. The van der Waals surface area contributed by atoms with E-state index >= 15 is 0 Å². The largest absolute Gasteiger partial charge is 0.293 e. The van der Waals surface area contributed by atoms with E-state index in [4.69, 9.17) is 0 Å². The minimum atomic E-state index is -3.35. The summed E-state index contributed by atoms with van der Waals surface area (Å²) in [5.41, 5.74) is 1.41. The van der Waals surface area contributed by atoms with Crippen LogP contribution in [0.2, 0.25) is 0 Å². The van der Waals surface area contributed by atoms with E-state index in [1.54, 1.807) is 28.6 Å². The molecule has 0 bridgehead atoms. The Balaban J connectivity index is 1.42. The first-order valence-electron chi connectivity index (χ1n) is 7.59. The van der Waals surface area contributed by atoms with E-state index in [2.05, 4.69) is 32.3 Å². The zero-order valence-electron chi connectivity index (χ0n) is 12.5. The van der Waals surface area contributed by atoms with Gasteiger partial charge in [0.2, 0.25) is 10.0 Å². The first-order valence-corrected chi connectivity index (χ1v) is 10.7. The summed E-state index contributed by atoms with van der Waals surface area (Å²) in [4.78, 5) is 4.28. The van der Waals surface area contributed by atoms with Crippen LogP contribution in [0, 0.1) is 0 Å². The second-order valence-corrected chi connectivity index (χ2v) is 9.87. The number of benzene rings is 1. The third-order valence-corrected chi connectivity index (χ3v) is 8.03. The summed E-state index contributed by atoms with van der Waals surface area (Å²) in [6.07, 6.45) is 1.09. The average molecular weight is 413 g/mol. The van der Waals surface area contributed by atoms with Crippen LogP contribution in [-0.2, 0) is 23.0 Å². The van der Waals surface area contributed by atoms with Crippen molar-refractivity contribution < 1.29 is 8.42 Å². The maximum atomic E-state index is 12.6. The van der Waals surface area contributed by atoms with Crippen LogP contribution in [0.1, 0.15) is 10.4 Å². The molecule has 1 saturated heterocycles. The first-order chi connectivity index (χ1) is 11.0. The van der Waals surface area contributed by atoms with Gasteiger partial charge in [-0.3, -0.25) is 4.90 Å². The van der Waals surface area contributed by atoms with Crippen molar-refractivity contribution in [1.82, 2.24) is 9.21 Å². The van der Waals surface area contributed by atoms with Crippen LogP contribution in [0.15, 0.2) is 45.1 Å². The number of sulfonamides is 1. The number of hydrogen-bond donors (Lipinski definition) is 0. The molecule has 0 N–H and O–H groups in total. The van der Waals surface area contributed by atoms with Gasteiger partial charge in [0.1, 0.15) is 0 Å². The van der Waals surface area contributed by atoms with E-state index in [0.29, 0.717) is 24.0 Å². The molecule has 23 heavy (non-hydrogen) atoms. The zero-order chi connectivity index (χ0) is 16.0. The van der Waals surface area contributed by atoms with Crippen molar-refractivity contribution in [3.63, 3.8) is 0 Å². The van der Waals surface area contributed by atoms with Gasteiger partial charge in [-0.2, -0.15) is 4.31 Å². The molecule has 0 spiro atoms. The fourth-order valence-corrected chi connectivity index (χ4v) is 5.85. The van der Waals surface area contributed by atoms with E-state index in [9.17, 15) is 8.42 Å². The fourth-order valence-electron chi connectivity index (χ4n) is 3.18. The van der Waals surface area contributed by atoms with Gasteiger partial charge in [0.05, 0.1) is 4.90 Å². The van der Waals surface area contributed by atoms with Crippen molar-refractivity contribution in [2.24, 2.45) is 0 Å². The summed E-state index contributed by atoms with van der Waals surface area (Å²) >= 11 is 5.17. The molecule has 7 heteroatoms. The number of rotatable bonds is 3. The molecule has 122 valence electrons. The zero-order valence-corrected chi connectivity index (χ0v) is 15.7. The highest BCUT2D eigenvalue weighted by Gasteiger charge is 2.40. The molecular weight excluding hydrogens is 396 g/mol. The van der Waals surface area contributed by atoms with E-state index in [1.807, 2.05) is 11.3 Å². The topological polar surface area (TPSA) is 40.6 Å². The lowest BCUT2D eigenvalue weighted by Gasteiger charge is -2.45. The summed E-state index contributed by atoms with van der Waals surface area (Å²) in [6, 6.07) is 9.39. The van der Waals surface area contributed by atoms with Gasteiger partial charge in [-0.15, -0.1) is 11.3 Å². The molecule has 2 aliphatic heterocycles. The molecule has 0 atom stereocenters. The Morgan fingerprint density at radius 1 is 1.13 bits per heavy atom. The van der Waals surface area contributed by atoms with Crippen molar-refractivity contribution in [3.8, 4) is 0 Å². The molecule has 1 aromatic heterocycles. The lowest BCUT2D eigenvalue weighted by Crippen LogP contribution is -2.61. The Bertz CT molecular complexity index is 811. The van der Waals surface area contributed by atoms with Crippen LogP contribution in [0.5, 0.6) is 0 Å². The van der Waals surface area contributed by atoms with Gasteiger partial charge in [0.15, 0.2) is 0 Å². The van der Waals surface area contributed by atoms with Crippen molar-refractivity contribution in [2.45, 2.75) is 23.9 Å². The highest BCUT2D eigenvalue weighted by Crippen LogP contribution is 2.30. The minimum Gasteiger partial charge on any atom is -0.293 e. The highest BCUT2D eigenvalue weighted by atomic mass is 79.9. The van der Waals surface area contributed by atoms with E-state index in [-0.39, 0.29) is 0 Å². The fraction of sp³-hybridized carbons (Fsp3) is 0.375. The Kier molecular flexibility index (Phi) is 4.09. The molecule has 0 saturated carbocycles. The Morgan fingerprint density at radius 2 is 1.87 bits per heavy atom. The van der Waals surface area contributed by atoms with Crippen LogP contribution in [0.3, 0.4) is 0 Å². The number of halogens is 1. The predicted octanol–water partition coefficient (Wildman–Crippen LogP) is 2.94. The Morgan fingerprint density at radius 3 is 2.61 bits per heavy atom. The molecule has 0 radical (unpaired) electrons. The van der Waals surface area contributed by atoms with Gasteiger partial charge in [0.25, 0.3) is 0 Å². The quantitative estimate of drug-likeness (QED) is 0.777. The Labute approximate surface area is 148 Å². The molecule has 4 rings (SSSR count). The van der Waals surface area contributed by atoms with Crippen LogP contribution in [-0.4, -0.2) is 43.3 Å². The van der Waals surface area contributed by atoms with Gasteiger partial charge in [0, 0.05) is 41.6 Å². The summed E-state index contributed by atoms with van der Waals surface area (Å²) in [5, 5.41) is 2.15. The smallest absolute Gasteiger partial charge is 0.243 e. The van der Waals surface area contributed by atoms with Crippen LogP contribution >= 0.6 is 27.3 Å². The molecular formula is C16H17BrN2O2S2. The highest BCUT2D eigenvalue weighted by molar-refractivity contribution is 9.10. The molecule has 0 unspecified atom stereocenters. The van der Waals surface area contributed by atoms with E-state index in [1.165, 1.54) is 10.4 Å². The second kappa shape index (κ2) is 5.97. The average Bonchev–Trinajstić information content (AvgIpc) is 2.93. The van der Waals surface area contributed by atoms with Gasteiger partial charge >= 0.3 is 0 Å². The predicted molar refractivity (Wildman–Crippen MR) is 95.1 cm³/mol. The van der Waals surface area contributed by atoms with Crippen LogP contribution in [0.4, 0.5) is 0 Å². The second-order valence-electron chi connectivity index (χ2n) is 6.02. The Hall–Kier alpha value is -0.730. The molecule has 2 aliphatic rings. The molecule has 1 fully saturated rings. The molecule has 0 amide bonds. The molecule has 2 aromatic rings. The van der Waals surface area contributed by atoms with Crippen molar-refractivity contribution in [3.05, 3.63) is 50.6 Å². The normalized spacial score (nSPS) is 20.2. The summed E-state index contributed by atoms with van der Waals surface area (Å²) in [6.45, 7) is 3.18. The van der Waals surface area contributed by atoms with Crippen molar-refractivity contribution >= 4 is 37.3 Å². The maximum absolute atomic E-state index is 12.6. The molecule has 3 heterocycles. The molecule has 4 nitrogen and oxygen atoms in total. The lowest BCUT2D eigenvalue weighted by molar-refractivity contribution is 0.0775. The van der Waals surface area contributed by atoms with Gasteiger partial charge in [-0.25, -0.2) is 8.42 Å². The number of nitrogens with zero attached hydrogens (tertiary/aromatic N) is 2. The van der Waals surface area contributed by atoms with Crippen molar-refractivity contribution in [1.29, 1.82) is 0 Å². The third kappa shape index (κ3) is 2.89. The standard InChI is InChI=1S/C16H17BrN2O2S2/c17-13-1-3-15(4-2-13)23(20,21)19-10-14(11-19)18-7-5-16-12(9-18)6-8-22-16/h1-4,6,8,14H,5,7,9-11H2. The minimum absolute atomic E-state index is 0.341. The molecule has 1 aromatic carbocycles. The number of hydrogen-bond acceptors (Lipinski definition) is 4. The SMILES string of the molecule is O=S(=O)(c1ccc(Br)cc1)N1CC(N2CCc3sccc3C2)C1. The maximum Gasteiger partial charge on any atom is 0.243 e. The monoisotopic (exact) mass is 412 g/mol. The van der Waals surface area contributed by atoms with Crippen LogP contribution < -0.4 is 0 Å². The third-order valence-electron chi connectivity index (χ3n) is 4.63. The van der Waals surface area contributed by atoms with Gasteiger partial charge in [-0.05, 0) is 47.7 Å². The van der Waals surface area contributed by atoms with Crippen LogP contribution in [0.25, 0.3) is 0 Å². The lowest BCUT2D eigenvalue weighted by atomic mass is 10.0. The van der Waals surface area contributed by atoms with E-state index in [0.717, 1.165) is 24.0 Å². The summed E-state index contributed by atoms with van der Waals surface area (Å²) in [5.74, 6) is 0. The molecule has 0 aliphatic carbocycles. The first kappa shape index (κ1) is 15.8. The van der Waals surface area contributed by atoms with Gasteiger partial charge in [-0.1, -0.05) is 15.9 Å². The van der Waals surface area contributed by atoms with Gasteiger partial charge < -0.3 is 0 Å². The summed E-state index contributed by atoms with van der Waals surface area (Å²) < 4.78 is 27.7. The summed E-state index contributed by atoms with van der Waals surface area (Å²) in [7, 11) is -3.35. The van der Waals surface area contributed by atoms with Crippen molar-refractivity contribution in [2.75, 3.05) is 19.6 Å². The number of fused-ring (bicyclic) bond motifs is 1. The van der Waals surface area contributed by atoms with E-state index < -0.39 is 10.0 Å².